The number of carbonyl (C=O) groups excluding carboxylic acids is 1. The van der Waals surface area contributed by atoms with Crippen LogP contribution in [0.2, 0.25) is 0 Å². The van der Waals surface area contributed by atoms with Gasteiger partial charge in [-0.1, -0.05) is 22.7 Å². The Kier molecular flexibility index (Phi) is 3.92. The van der Waals surface area contributed by atoms with Crippen molar-refractivity contribution < 1.29 is 19.0 Å². The van der Waals surface area contributed by atoms with Crippen LogP contribution in [0.1, 0.15) is 22.2 Å². The van der Waals surface area contributed by atoms with Crippen molar-refractivity contribution >= 4 is 70.0 Å². The number of thiophene rings is 1. The van der Waals surface area contributed by atoms with E-state index in [9.17, 15) is 4.79 Å². The van der Waals surface area contributed by atoms with E-state index in [0.29, 0.717) is 11.5 Å². The van der Waals surface area contributed by atoms with E-state index in [0.717, 1.165) is 47.1 Å². The van der Waals surface area contributed by atoms with Crippen LogP contribution in [0.15, 0.2) is 12.1 Å². The maximum Gasteiger partial charge on any atom is 0.348 e. The molecule has 4 heterocycles. The molecule has 1 aliphatic heterocycles. The summed E-state index contributed by atoms with van der Waals surface area (Å²) in [5, 5.41) is 4.76. The van der Waals surface area contributed by atoms with Crippen LogP contribution in [0, 0.1) is 6.92 Å². The SMILES string of the molecule is CCOC(=O)c1sc2nc(Nc3nc4cc5c(cc4s3)OCO5)sc2c1C. The molecule has 4 aromatic rings. The lowest BCUT2D eigenvalue weighted by Crippen LogP contribution is -2.03. The van der Waals surface area contributed by atoms with E-state index < -0.39 is 0 Å². The van der Waals surface area contributed by atoms with E-state index in [4.69, 9.17) is 14.2 Å². The molecule has 5 rings (SSSR count). The number of ether oxygens (including phenoxy) is 3. The number of nitrogens with one attached hydrogen (secondary N) is 1. The van der Waals surface area contributed by atoms with Crippen LogP contribution in [-0.4, -0.2) is 29.3 Å². The van der Waals surface area contributed by atoms with Gasteiger partial charge < -0.3 is 19.5 Å². The van der Waals surface area contributed by atoms with Crippen LogP contribution >= 0.6 is 34.0 Å². The first-order valence-corrected chi connectivity index (χ1v) is 10.6. The van der Waals surface area contributed by atoms with Crippen molar-refractivity contribution in [1.29, 1.82) is 0 Å². The number of aryl methyl sites for hydroxylation is 1. The average molecular weight is 420 g/mol. The Balaban J connectivity index is 1.44. The second-order valence-corrected chi connectivity index (χ2v) is 8.78. The minimum atomic E-state index is -0.289. The van der Waals surface area contributed by atoms with Gasteiger partial charge in [0.25, 0.3) is 0 Å². The Morgan fingerprint density at radius 3 is 2.74 bits per heavy atom. The molecule has 0 unspecified atom stereocenters. The lowest BCUT2D eigenvalue weighted by atomic mass is 10.3. The van der Waals surface area contributed by atoms with Crippen molar-refractivity contribution in [1.82, 2.24) is 9.97 Å². The molecule has 0 radical (unpaired) electrons. The summed E-state index contributed by atoms with van der Waals surface area (Å²) in [4.78, 5) is 22.7. The van der Waals surface area contributed by atoms with Crippen molar-refractivity contribution in [2.45, 2.75) is 13.8 Å². The van der Waals surface area contributed by atoms with Gasteiger partial charge in [0, 0.05) is 12.1 Å². The number of rotatable bonds is 4. The number of carbonyl (C=O) groups is 1. The van der Waals surface area contributed by atoms with Crippen molar-refractivity contribution in [2.75, 3.05) is 18.7 Å². The van der Waals surface area contributed by atoms with E-state index >= 15 is 0 Å². The maximum absolute atomic E-state index is 12.0. The van der Waals surface area contributed by atoms with Crippen molar-refractivity contribution in [3.8, 4) is 11.5 Å². The third-order valence-electron chi connectivity index (χ3n) is 4.03. The molecule has 27 heavy (non-hydrogen) atoms. The normalized spacial score (nSPS) is 12.8. The van der Waals surface area contributed by atoms with Gasteiger partial charge in [-0.3, -0.25) is 0 Å². The molecule has 1 aliphatic rings. The summed E-state index contributed by atoms with van der Waals surface area (Å²) in [6, 6.07) is 3.83. The van der Waals surface area contributed by atoms with E-state index in [1.54, 1.807) is 6.92 Å². The van der Waals surface area contributed by atoms with Crippen molar-refractivity contribution in [3.05, 3.63) is 22.6 Å². The summed E-state index contributed by atoms with van der Waals surface area (Å²) in [5.74, 6) is 1.18. The lowest BCUT2D eigenvalue weighted by molar-refractivity contribution is 0.0531. The summed E-state index contributed by atoms with van der Waals surface area (Å²) >= 11 is 4.39. The predicted octanol–water partition coefficient (Wildman–Crippen LogP) is 4.92. The van der Waals surface area contributed by atoms with Gasteiger partial charge in [0.15, 0.2) is 21.8 Å². The second kappa shape index (κ2) is 6.32. The summed E-state index contributed by atoms with van der Waals surface area (Å²) in [5.41, 5.74) is 1.76. The van der Waals surface area contributed by atoms with Gasteiger partial charge in [-0.25, -0.2) is 14.8 Å². The third-order valence-corrected chi connectivity index (χ3v) is 7.35. The third kappa shape index (κ3) is 2.80. The topological polar surface area (TPSA) is 82.6 Å². The molecule has 0 saturated heterocycles. The van der Waals surface area contributed by atoms with E-state index in [1.807, 2.05) is 19.1 Å². The molecule has 138 valence electrons. The molecule has 10 heteroatoms. The molecule has 0 saturated carbocycles. The largest absolute Gasteiger partial charge is 0.462 e. The number of esters is 1. The molecule has 1 N–H and O–H groups in total. The molecular weight excluding hydrogens is 406 g/mol. The molecule has 0 bridgehead atoms. The van der Waals surface area contributed by atoms with Crippen LogP contribution in [0.5, 0.6) is 11.5 Å². The Morgan fingerprint density at radius 1 is 1.19 bits per heavy atom. The maximum atomic E-state index is 12.0. The number of aromatic nitrogens is 2. The molecule has 0 atom stereocenters. The van der Waals surface area contributed by atoms with Crippen molar-refractivity contribution in [2.24, 2.45) is 0 Å². The zero-order chi connectivity index (χ0) is 18.5. The monoisotopic (exact) mass is 419 g/mol. The lowest BCUT2D eigenvalue weighted by Gasteiger charge is -1.99. The Bertz CT molecular complexity index is 1150. The molecule has 0 spiro atoms. The zero-order valence-electron chi connectivity index (χ0n) is 14.3. The number of hydrogen-bond donors (Lipinski definition) is 1. The van der Waals surface area contributed by atoms with Crippen LogP contribution in [0.3, 0.4) is 0 Å². The van der Waals surface area contributed by atoms with Crippen LogP contribution in [-0.2, 0) is 4.74 Å². The quantitative estimate of drug-likeness (QED) is 0.470. The molecule has 0 amide bonds. The minimum absolute atomic E-state index is 0.251. The summed E-state index contributed by atoms with van der Waals surface area (Å²) in [6.07, 6.45) is 0. The first-order valence-electron chi connectivity index (χ1n) is 8.16. The molecule has 0 fully saturated rings. The van der Waals surface area contributed by atoms with Crippen LogP contribution in [0.25, 0.3) is 19.7 Å². The van der Waals surface area contributed by atoms with Crippen LogP contribution in [0.4, 0.5) is 10.3 Å². The van der Waals surface area contributed by atoms with Gasteiger partial charge in [-0.05, 0) is 19.4 Å². The second-order valence-electron chi connectivity index (χ2n) is 5.75. The van der Waals surface area contributed by atoms with Gasteiger partial charge in [0.05, 0.1) is 21.5 Å². The first kappa shape index (κ1) is 16.7. The van der Waals surface area contributed by atoms with E-state index in [-0.39, 0.29) is 12.8 Å². The minimum Gasteiger partial charge on any atom is -0.462 e. The highest BCUT2D eigenvalue weighted by Crippen LogP contribution is 2.41. The fraction of sp³-hybridized carbons (Fsp3) is 0.235. The Morgan fingerprint density at radius 2 is 1.96 bits per heavy atom. The Labute approximate surface area is 165 Å². The van der Waals surface area contributed by atoms with Gasteiger partial charge in [0.2, 0.25) is 6.79 Å². The molecule has 0 aliphatic carbocycles. The molecule has 1 aromatic carbocycles. The first-order chi connectivity index (χ1) is 13.1. The number of hydrogen-bond acceptors (Lipinski definition) is 10. The van der Waals surface area contributed by atoms with Crippen molar-refractivity contribution in [3.63, 3.8) is 0 Å². The highest BCUT2D eigenvalue weighted by molar-refractivity contribution is 7.30. The van der Waals surface area contributed by atoms with Gasteiger partial charge in [0.1, 0.15) is 9.71 Å². The highest BCUT2D eigenvalue weighted by Gasteiger charge is 2.21. The summed E-state index contributed by atoms with van der Waals surface area (Å²) in [7, 11) is 0. The summed E-state index contributed by atoms with van der Waals surface area (Å²) < 4.78 is 17.9. The standard InChI is InChI=1S/C17H13N3O4S3/c1-3-22-15(21)13-7(2)12-14(26-13)19-17(27-12)20-16-18-8-4-9-10(24-6-23-9)5-11(8)25-16/h4-5H,3,6H2,1-2H3,(H,18,19,20). The zero-order valence-corrected chi connectivity index (χ0v) is 16.8. The number of thiazole rings is 2. The number of fused-ring (bicyclic) bond motifs is 3. The van der Waals surface area contributed by atoms with Gasteiger partial charge in [-0.2, -0.15) is 0 Å². The number of benzene rings is 1. The highest BCUT2D eigenvalue weighted by atomic mass is 32.1. The Hall–Kier alpha value is -2.43. The average Bonchev–Trinajstić information content (AvgIpc) is 3.38. The molecule has 3 aromatic heterocycles. The number of nitrogens with zero attached hydrogens (tertiary/aromatic N) is 2. The van der Waals surface area contributed by atoms with E-state index in [1.165, 1.54) is 34.0 Å². The fourth-order valence-electron chi connectivity index (χ4n) is 2.80. The summed E-state index contributed by atoms with van der Waals surface area (Å²) in [6.45, 7) is 4.34. The molecular formula is C17H13N3O4S3. The van der Waals surface area contributed by atoms with Gasteiger partial charge in [-0.15, -0.1) is 11.3 Å². The fourth-order valence-corrected chi connectivity index (χ4v) is 5.95. The van der Waals surface area contributed by atoms with Crippen LogP contribution < -0.4 is 14.8 Å². The smallest absolute Gasteiger partial charge is 0.348 e. The predicted molar refractivity (Wildman–Crippen MR) is 107 cm³/mol. The molecule has 7 nitrogen and oxygen atoms in total. The van der Waals surface area contributed by atoms with Gasteiger partial charge >= 0.3 is 5.97 Å². The number of anilines is 2. The van der Waals surface area contributed by atoms with E-state index in [2.05, 4.69) is 15.3 Å².